The molecule has 0 bridgehead atoms. The fourth-order valence-corrected chi connectivity index (χ4v) is 2.38. The van der Waals surface area contributed by atoms with Crippen LogP contribution in [0, 0.1) is 5.92 Å². The quantitative estimate of drug-likeness (QED) is 0.760. The standard InChI is InChI=1S/C15H22ClN3O/c1-19(10-11-4-5-11)8-2-3-15(20)18-14-7-6-12(16)9-13(14)17/h6-7,9,11H,2-5,8,10,17H2,1H3,(H,18,20). The fraction of sp³-hybridized carbons (Fsp3) is 0.533. The molecule has 1 saturated carbocycles. The van der Waals surface area contributed by atoms with Crippen molar-refractivity contribution in [1.29, 1.82) is 0 Å². The molecule has 0 saturated heterocycles. The van der Waals surface area contributed by atoms with E-state index in [4.69, 9.17) is 17.3 Å². The van der Waals surface area contributed by atoms with Crippen molar-refractivity contribution in [1.82, 2.24) is 4.90 Å². The number of rotatable bonds is 7. The minimum Gasteiger partial charge on any atom is -0.397 e. The number of carbonyl (C=O) groups excluding carboxylic acids is 1. The van der Waals surface area contributed by atoms with Gasteiger partial charge < -0.3 is 16.0 Å². The molecule has 4 nitrogen and oxygen atoms in total. The Labute approximate surface area is 125 Å². The smallest absolute Gasteiger partial charge is 0.224 e. The molecule has 1 amide bonds. The number of nitrogens with one attached hydrogen (secondary N) is 1. The van der Waals surface area contributed by atoms with Gasteiger partial charge in [-0.25, -0.2) is 0 Å². The van der Waals surface area contributed by atoms with Crippen LogP contribution in [-0.2, 0) is 4.79 Å². The maximum absolute atomic E-state index is 11.8. The number of halogens is 1. The largest absolute Gasteiger partial charge is 0.397 e. The Kier molecular flexibility index (Phi) is 5.26. The molecule has 1 aliphatic rings. The van der Waals surface area contributed by atoms with Gasteiger partial charge in [-0.2, -0.15) is 0 Å². The summed E-state index contributed by atoms with van der Waals surface area (Å²) in [7, 11) is 2.12. The van der Waals surface area contributed by atoms with Crippen LogP contribution in [0.25, 0.3) is 0 Å². The lowest BCUT2D eigenvalue weighted by atomic mass is 10.2. The van der Waals surface area contributed by atoms with Crippen molar-refractivity contribution in [3.8, 4) is 0 Å². The number of nitrogen functional groups attached to an aromatic ring is 1. The van der Waals surface area contributed by atoms with Crippen LogP contribution in [-0.4, -0.2) is 30.9 Å². The molecular formula is C15H22ClN3O. The van der Waals surface area contributed by atoms with Crippen molar-refractivity contribution in [3.63, 3.8) is 0 Å². The highest BCUT2D eigenvalue weighted by atomic mass is 35.5. The SMILES string of the molecule is CN(CCCC(=O)Nc1ccc(Cl)cc1N)CC1CC1. The van der Waals surface area contributed by atoms with Gasteiger partial charge in [-0.1, -0.05) is 11.6 Å². The Morgan fingerprint density at radius 3 is 2.90 bits per heavy atom. The molecule has 1 aliphatic carbocycles. The second kappa shape index (κ2) is 6.95. The van der Waals surface area contributed by atoms with Gasteiger partial charge in [-0.3, -0.25) is 4.79 Å². The average molecular weight is 296 g/mol. The van der Waals surface area contributed by atoms with Crippen molar-refractivity contribution in [2.45, 2.75) is 25.7 Å². The van der Waals surface area contributed by atoms with E-state index in [0.717, 1.165) is 25.4 Å². The summed E-state index contributed by atoms with van der Waals surface area (Å²) < 4.78 is 0. The van der Waals surface area contributed by atoms with Crippen molar-refractivity contribution in [2.75, 3.05) is 31.2 Å². The summed E-state index contributed by atoms with van der Waals surface area (Å²) in [6.07, 6.45) is 4.10. The van der Waals surface area contributed by atoms with E-state index >= 15 is 0 Å². The minimum atomic E-state index is -0.00107. The van der Waals surface area contributed by atoms with Gasteiger partial charge in [0.15, 0.2) is 0 Å². The molecule has 110 valence electrons. The van der Waals surface area contributed by atoms with Crippen molar-refractivity contribution >= 4 is 28.9 Å². The van der Waals surface area contributed by atoms with Crippen molar-refractivity contribution in [2.24, 2.45) is 5.92 Å². The molecule has 3 N–H and O–H groups in total. The van der Waals surface area contributed by atoms with Crippen LogP contribution in [0.15, 0.2) is 18.2 Å². The number of benzene rings is 1. The molecule has 0 radical (unpaired) electrons. The predicted molar refractivity (Wildman–Crippen MR) is 83.9 cm³/mol. The van der Waals surface area contributed by atoms with Crippen LogP contribution in [0.1, 0.15) is 25.7 Å². The van der Waals surface area contributed by atoms with E-state index in [0.29, 0.717) is 22.8 Å². The van der Waals surface area contributed by atoms with Gasteiger partial charge in [0.1, 0.15) is 0 Å². The van der Waals surface area contributed by atoms with Crippen LogP contribution in [0.4, 0.5) is 11.4 Å². The third-order valence-electron chi connectivity index (χ3n) is 3.50. The first-order valence-corrected chi connectivity index (χ1v) is 7.46. The lowest BCUT2D eigenvalue weighted by molar-refractivity contribution is -0.116. The Hall–Kier alpha value is -1.26. The molecular weight excluding hydrogens is 274 g/mol. The topological polar surface area (TPSA) is 58.4 Å². The van der Waals surface area contributed by atoms with Gasteiger partial charge in [0.2, 0.25) is 5.91 Å². The first-order chi connectivity index (χ1) is 9.54. The Morgan fingerprint density at radius 2 is 2.25 bits per heavy atom. The summed E-state index contributed by atoms with van der Waals surface area (Å²) in [5.41, 5.74) is 6.93. The van der Waals surface area contributed by atoms with E-state index in [2.05, 4.69) is 17.3 Å². The van der Waals surface area contributed by atoms with E-state index in [1.54, 1.807) is 18.2 Å². The van der Waals surface area contributed by atoms with Crippen LogP contribution in [0.2, 0.25) is 5.02 Å². The third kappa shape index (κ3) is 5.02. The normalized spacial score (nSPS) is 14.6. The molecule has 0 unspecified atom stereocenters. The first kappa shape index (κ1) is 15.1. The van der Waals surface area contributed by atoms with Gasteiger partial charge in [0.25, 0.3) is 0 Å². The molecule has 2 rings (SSSR count). The number of carbonyl (C=O) groups is 1. The Balaban J connectivity index is 1.69. The molecule has 1 aromatic carbocycles. The third-order valence-corrected chi connectivity index (χ3v) is 3.73. The number of hydrogen-bond acceptors (Lipinski definition) is 3. The summed E-state index contributed by atoms with van der Waals surface area (Å²) >= 11 is 5.82. The molecule has 5 heteroatoms. The van der Waals surface area contributed by atoms with Gasteiger partial charge in [0, 0.05) is 18.0 Å². The van der Waals surface area contributed by atoms with Crippen molar-refractivity contribution in [3.05, 3.63) is 23.2 Å². The van der Waals surface area contributed by atoms with Gasteiger partial charge in [-0.15, -0.1) is 0 Å². The molecule has 0 spiro atoms. The highest BCUT2D eigenvalue weighted by molar-refractivity contribution is 6.31. The molecule has 0 heterocycles. The maximum Gasteiger partial charge on any atom is 0.224 e. The van der Waals surface area contributed by atoms with Gasteiger partial charge in [0.05, 0.1) is 11.4 Å². The van der Waals surface area contributed by atoms with Crippen LogP contribution >= 0.6 is 11.6 Å². The van der Waals surface area contributed by atoms with E-state index in [1.165, 1.54) is 12.8 Å². The van der Waals surface area contributed by atoms with E-state index in [-0.39, 0.29) is 5.91 Å². The van der Waals surface area contributed by atoms with E-state index in [9.17, 15) is 4.79 Å². The molecule has 0 aliphatic heterocycles. The molecule has 1 fully saturated rings. The summed E-state index contributed by atoms with van der Waals surface area (Å²) in [5, 5.41) is 3.39. The molecule has 0 aromatic heterocycles. The summed E-state index contributed by atoms with van der Waals surface area (Å²) in [6, 6.07) is 5.09. The number of hydrogen-bond donors (Lipinski definition) is 2. The fourth-order valence-electron chi connectivity index (χ4n) is 2.20. The Bertz CT molecular complexity index is 474. The highest BCUT2D eigenvalue weighted by Crippen LogP contribution is 2.29. The first-order valence-electron chi connectivity index (χ1n) is 7.08. The second-order valence-corrected chi connectivity index (χ2v) is 6.03. The average Bonchev–Trinajstić information content (AvgIpc) is 3.16. The molecule has 0 atom stereocenters. The summed E-state index contributed by atoms with van der Waals surface area (Å²) in [6.45, 7) is 2.12. The Morgan fingerprint density at radius 1 is 1.50 bits per heavy atom. The second-order valence-electron chi connectivity index (χ2n) is 5.59. The van der Waals surface area contributed by atoms with Crippen molar-refractivity contribution < 1.29 is 4.79 Å². The number of nitrogens with zero attached hydrogens (tertiary/aromatic N) is 1. The molecule has 1 aromatic rings. The van der Waals surface area contributed by atoms with E-state index < -0.39 is 0 Å². The van der Waals surface area contributed by atoms with Crippen LogP contribution in [0.5, 0.6) is 0 Å². The molecule has 20 heavy (non-hydrogen) atoms. The highest BCUT2D eigenvalue weighted by Gasteiger charge is 2.22. The monoisotopic (exact) mass is 295 g/mol. The number of anilines is 2. The van der Waals surface area contributed by atoms with E-state index in [1.807, 2.05) is 0 Å². The lowest BCUT2D eigenvalue weighted by Gasteiger charge is -2.15. The number of amides is 1. The zero-order valence-electron chi connectivity index (χ0n) is 11.9. The maximum atomic E-state index is 11.8. The summed E-state index contributed by atoms with van der Waals surface area (Å²) in [5.74, 6) is 0.890. The summed E-state index contributed by atoms with van der Waals surface area (Å²) in [4.78, 5) is 14.2. The van der Waals surface area contributed by atoms with Crippen LogP contribution in [0.3, 0.4) is 0 Å². The predicted octanol–water partition coefficient (Wildman–Crippen LogP) is 2.98. The zero-order valence-corrected chi connectivity index (χ0v) is 12.6. The van der Waals surface area contributed by atoms with Gasteiger partial charge in [-0.05, 0) is 57.0 Å². The zero-order chi connectivity index (χ0) is 14.5. The number of nitrogens with two attached hydrogens (primary N) is 1. The van der Waals surface area contributed by atoms with Crippen LogP contribution < -0.4 is 11.1 Å². The lowest BCUT2D eigenvalue weighted by Crippen LogP contribution is -2.23. The van der Waals surface area contributed by atoms with Gasteiger partial charge >= 0.3 is 0 Å². The minimum absolute atomic E-state index is 0.00107.